The monoisotopic (exact) mass is 336 g/mol. The van der Waals surface area contributed by atoms with Gasteiger partial charge in [-0.25, -0.2) is 9.97 Å². The molecular formula is C14H17BrN4O. The standard InChI is InChI=1S/C14H17BrN4O/c1-2-17-13-12(15)14(19-10-18-13)20-9-3-4-11-5-7-16-8-6-11/h5-8,10H,2-4,9H2,1H3,(H,17,18,19). The molecule has 6 heteroatoms. The van der Waals surface area contributed by atoms with E-state index in [1.807, 2.05) is 19.1 Å². The van der Waals surface area contributed by atoms with Crippen LogP contribution >= 0.6 is 15.9 Å². The third kappa shape index (κ3) is 4.16. The highest BCUT2D eigenvalue weighted by atomic mass is 79.9. The van der Waals surface area contributed by atoms with Crippen LogP contribution in [0.2, 0.25) is 0 Å². The molecule has 0 amide bonds. The van der Waals surface area contributed by atoms with Crippen molar-refractivity contribution in [3.63, 3.8) is 0 Å². The molecule has 0 atom stereocenters. The number of halogens is 1. The highest BCUT2D eigenvalue weighted by Crippen LogP contribution is 2.28. The van der Waals surface area contributed by atoms with Gasteiger partial charge in [-0.05, 0) is 53.4 Å². The fourth-order valence-corrected chi connectivity index (χ4v) is 2.20. The van der Waals surface area contributed by atoms with Crippen molar-refractivity contribution >= 4 is 21.7 Å². The first-order valence-electron chi connectivity index (χ1n) is 6.57. The van der Waals surface area contributed by atoms with Gasteiger partial charge >= 0.3 is 0 Å². The average molecular weight is 337 g/mol. The van der Waals surface area contributed by atoms with Gasteiger partial charge in [0.2, 0.25) is 5.88 Å². The molecule has 20 heavy (non-hydrogen) atoms. The number of pyridine rings is 1. The van der Waals surface area contributed by atoms with Crippen molar-refractivity contribution in [2.75, 3.05) is 18.5 Å². The lowest BCUT2D eigenvalue weighted by Gasteiger charge is -2.10. The van der Waals surface area contributed by atoms with Gasteiger partial charge in [-0.2, -0.15) is 0 Å². The Kier molecular flexibility index (Phi) is 5.73. The molecule has 0 bridgehead atoms. The predicted octanol–water partition coefficient (Wildman–Crippen LogP) is 3.08. The van der Waals surface area contributed by atoms with Crippen molar-refractivity contribution < 1.29 is 4.74 Å². The number of hydrogen-bond acceptors (Lipinski definition) is 5. The molecule has 0 saturated heterocycles. The third-order valence-corrected chi connectivity index (χ3v) is 3.41. The molecule has 2 rings (SSSR count). The van der Waals surface area contributed by atoms with Crippen molar-refractivity contribution in [2.24, 2.45) is 0 Å². The number of anilines is 1. The van der Waals surface area contributed by atoms with E-state index in [0.717, 1.165) is 29.7 Å². The Labute approximate surface area is 127 Å². The Morgan fingerprint density at radius 2 is 2.05 bits per heavy atom. The Morgan fingerprint density at radius 3 is 2.80 bits per heavy atom. The molecule has 2 aromatic heterocycles. The van der Waals surface area contributed by atoms with Crippen molar-refractivity contribution in [2.45, 2.75) is 19.8 Å². The minimum absolute atomic E-state index is 0.575. The molecule has 0 unspecified atom stereocenters. The lowest BCUT2D eigenvalue weighted by Crippen LogP contribution is -2.05. The molecule has 1 N–H and O–H groups in total. The van der Waals surface area contributed by atoms with Crippen molar-refractivity contribution in [3.05, 3.63) is 40.9 Å². The molecule has 0 aliphatic rings. The Hall–Kier alpha value is -1.69. The minimum Gasteiger partial charge on any atom is -0.477 e. The first kappa shape index (κ1) is 14.7. The van der Waals surface area contributed by atoms with Gasteiger partial charge in [-0.15, -0.1) is 0 Å². The molecule has 0 spiro atoms. The maximum absolute atomic E-state index is 5.69. The van der Waals surface area contributed by atoms with E-state index in [0.29, 0.717) is 12.5 Å². The molecule has 0 aliphatic carbocycles. The summed E-state index contributed by atoms with van der Waals surface area (Å²) >= 11 is 3.46. The van der Waals surface area contributed by atoms with Gasteiger partial charge < -0.3 is 10.1 Å². The van der Waals surface area contributed by atoms with E-state index >= 15 is 0 Å². The van der Waals surface area contributed by atoms with Gasteiger partial charge in [-0.1, -0.05) is 0 Å². The predicted molar refractivity (Wildman–Crippen MR) is 81.9 cm³/mol. The number of aryl methyl sites for hydroxylation is 1. The highest BCUT2D eigenvalue weighted by molar-refractivity contribution is 9.10. The summed E-state index contributed by atoms with van der Waals surface area (Å²) in [4.78, 5) is 12.3. The molecule has 106 valence electrons. The third-order valence-electron chi connectivity index (χ3n) is 2.70. The van der Waals surface area contributed by atoms with E-state index in [2.05, 4.69) is 36.2 Å². The lowest BCUT2D eigenvalue weighted by atomic mass is 10.1. The number of nitrogens with zero attached hydrogens (tertiary/aromatic N) is 3. The summed E-state index contributed by atoms with van der Waals surface area (Å²) in [5, 5.41) is 3.15. The van der Waals surface area contributed by atoms with Crippen molar-refractivity contribution in [1.29, 1.82) is 0 Å². The van der Waals surface area contributed by atoms with Crippen LogP contribution in [-0.2, 0) is 6.42 Å². The van der Waals surface area contributed by atoms with Crippen LogP contribution in [0.5, 0.6) is 5.88 Å². The van der Waals surface area contributed by atoms with Gasteiger partial charge in [0.05, 0.1) is 6.61 Å². The second kappa shape index (κ2) is 7.79. The summed E-state index contributed by atoms with van der Waals surface area (Å²) in [6.45, 7) is 3.43. The van der Waals surface area contributed by atoms with E-state index in [-0.39, 0.29) is 0 Å². The van der Waals surface area contributed by atoms with Crippen LogP contribution in [0, 0.1) is 0 Å². The molecule has 0 aromatic carbocycles. The van der Waals surface area contributed by atoms with Gasteiger partial charge in [0.1, 0.15) is 16.6 Å². The van der Waals surface area contributed by atoms with Crippen LogP contribution < -0.4 is 10.1 Å². The Balaban J connectivity index is 1.83. The highest BCUT2D eigenvalue weighted by Gasteiger charge is 2.08. The van der Waals surface area contributed by atoms with Gasteiger partial charge in [-0.3, -0.25) is 4.98 Å². The maximum atomic E-state index is 5.69. The first-order valence-corrected chi connectivity index (χ1v) is 7.36. The second-order valence-electron chi connectivity index (χ2n) is 4.18. The quantitative estimate of drug-likeness (QED) is 0.787. The number of hydrogen-bond donors (Lipinski definition) is 1. The van der Waals surface area contributed by atoms with Crippen molar-refractivity contribution in [3.8, 4) is 5.88 Å². The van der Waals surface area contributed by atoms with E-state index in [9.17, 15) is 0 Å². The van der Waals surface area contributed by atoms with Crippen LogP contribution in [0.25, 0.3) is 0 Å². The molecule has 0 aliphatic heterocycles. The number of rotatable bonds is 7. The SMILES string of the molecule is CCNc1ncnc(OCCCc2ccncc2)c1Br. The summed E-state index contributed by atoms with van der Waals surface area (Å²) < 4.78 is 6.46. The molecule has 0 fully saturated rings. The summed E-state index contributed by atoms with van der Waals surface area (Å²) in [5.41, 5.74) is 1.26. The molecule has 0 radical (unpaired) electrons. The Morgan fingerprint density at radius 1 is 1.25 bits per heavy atom. The van der Waals surface area contributed by atoms with E-state index < -0.39 is 0 Å². The van der Waals surface area contributed by atoms with Crippen LogP contribution in [0.4, 0.5) is 5.82 Å². The zero-order valence-electron chi connectivity index (χ0n) is 11.3. The summed E-state index contributed by atoms with van der Waals surface area (Å²) in [6.07, 6.45) is 7.00. The normalized spacial score (nSPS) is 10.3. The average Bonchev–Trinajstić information content (AvgIpc) is 2.48. The summed E-state index contributed by atoms with van der Waals surface area (Å²) in [5.74, 6) is 1.33. The largest absolute Gasteiger partial charge is 0.477 e. The Bertz CT molecular complexity index is 536. The maximum Gasteiger partial charge on any atom is 0.233 e. The molecule has 0 saturated carbocycles. The molecule has 2 aromatic rings. The minimum atomic E-state index is 0.575. The lowest BCUT2D eigenvalue weighted by molar-refractivity contribution is 0.297. The van der Waals surface area contributed by atoms with Crippen LogP contribution in [0.1, 0.15) is 18.9 Å². The zero-order valence-corrected chi connectivity index (χ0v) is 12.9. The van der Waals surface area contributed by atoms with Gasteiger partial charge in [0.25, 0.3) is 0 Å². The number of ether oxygens (including phenoxy) is 1. The number of nitrogens with one attached hydrogen (secondary N) is 1. The zero-order chi connectivity index (χ0) is 14.2. The summed E-state index contributed by atoms with van der Waals surface area (Å²) in [7, 11) is 0. The van der Waals surface area contributed by atoms with Gasteiger partial charge in [0, 0.05) is 18.9 Å². The van der Waals surface area contributed by atoms with Crippen LogP contribution in [0.3, 0.4) is 0 Å². The summed E-state index contributed by atoms with van der Waals surface area (Å²) in [6, 6.07) is 4.04. The first-order chi connectivity index (χ1) is 9.81. The molecular weight excluding hydrogens is 320 g/mol. The fourth-order valence-electron chi connectivity index (χ4n) is 1.74. The second-order valence-corrected chi connectivity index (χ2v) is 4.97. The van der Waals surface area contributed by atoms with E-state index in [1.165, 1.54) is 11.9 Å². The van der Waals surface area contributed by atoms with Crippen LogP contribution in [-0.4, -0.2) is 28.1 Å². The van der Waals surface area contributed by atoms with Crippen LogP contribution in [0.15, 0.2) is 35.3 Å². The fraction of sp³-hybridized carbons (Fsp3) is 0.357. The topological polar surface area (TPSA) is 59.9 Å². The smallest absolute Gasteiger partial charge is 0.233 e. The number of aromatic nitrogens is 3. The molecule has 2 heterocycles. The molecule has 5 nitrogen and oxygen atoms in total. The van der Waals surface area contributed by atoms with E-state index in [1.54, 1.807) is 12.4 Å². The van der Waals surface area contributed by atoms with E-state index in [4.69, 9.17) is 4.74 Å². The van der Waals surface area contributed by atoms with Gasteiger partial charge in [0.15, 0.2) is 0 Å². The van der Waals surface area contributed by atoms with Crippen molar-refractivity contribution in [1.82, 2.24) is 15.0 Å².